The lowest BCUT2D eigenvalue weighted by Crippen LogP contribution is -2.04. The van der Waals surface area contributed by atoms with Crippen LogP contribution in [0.2, 0.25) is 0 Å². The fourth-order valence-corrected chi connectivity index (χ4v) is 2.10. The average molecular weight is 396 g/mol. The maximum Gasteiger partial charge on any atom is 0.249 e. The number of nitrogens with zero attached hydrogens (tertiary/aromatic N) is 3. The maximum atomic E-state index is 13.7. The molecule has 0 spiro atoms. The maximum absolute atomic E-state index is 13.7. The van der Waals surface area contributed by atoms with E-state index < -0.39 is 17.5 Å². The molecule has 0 bridgehead atoms. The van der Waals surface area contributed by atoms with E-state index in [1.54, 1.807) is 12.1 Å². The van der Waals surface area contributed by atoms with Crippen LogP contribution in [0.3, 0.4) is 0 Å². The van der Waals surface area contributed by atoms with Gasteiger partial charge in [0.15, 0.2) is 23.3 Å². The molecular weight excluding hydrogens is 387 g/mol. The van der Waals surface area contributed by atoms with Crippen molar-refractivity contribution in [3.8, 4) is 0 Å². The van der Waals surface area contributed by atoms with Crippen molar-refractivity contribution in [1.82, 2.24) is 15.2 Å². The van der Waals surface area contributed by atoms with Gasteiger partial charge in [0.25, 0.3) is 0 Å². The number of nitrogens with one attached hydrogen (secondary N) is 2. The Bertz CT molecular complexity index is 873. The Morgan fingerprint density at radius 2 is 1.62 bits per heavy atom. The van der Waals surface area contributed by atoms with Gasteiger partial charge in [-0.2, -0.15) is 10.1 Å². The van der Waals surface area contributed by atoms with Crippen molar-refractivity contribution in [2.45, 2.75) is 0 Å². The zero-order chi connectivity index (χ0) is 17.1. The molecule has 24 heavy (non-hydrogen) atoms. The molecule has 1 aromatic heterocycles. The molecule has 0 unspecified atom stereocenters. The highest BCUT2D eigenvalue weighted by molar-refractivity contribution is 9.10. The number of aromatic nitrogens is 3. The third-order valence-electron chi connectivity index (χ3n) is 2.96. The number of anilines is 4. The predicted octanol–water partition coefficient (Wildman–Crippen LogP) is 4.54. The van der Waals surface area contributed by atoms with E-state index in [0.29, 0.717) is 0 Å². The first-order chi connectivity index (χ1) is 11.5. The van der Waals surface area contributed by atoms with Crippen molar-refractivity contribution in [3.63, 3.8) is 0 Å². The van der Waals surface area contributed by atoms with Gasteiger partial charge in [-0.15, -0.1) is 5.10 Å². The molecule has 5 nitrogen and oxygen atoms in total. The van der Waals surface area contributed by atoms with Crippen molar-refractivity contribution in [2.24, 2.45) is 0 Å². The van der Waals surface area contributed by atoms with E-state index in [2.05, 4.69) is 41.7 Å². The summed E-state index contributed by atoms with van der Waals surface area (Å²) in [4.78, 5) is 4.09. The Morgan fingerprint density at radius 3 is 2.38 bits per heavy atom. The minimum Gasteiger partial charge on any atom is -0.336 e. The average Bonchev–Trinajstić information content (AvgIpc) is 2.58. The minimum atomic E-state index is -1.56. The van der Waals surface area contributed by atoms with Crippen molar-refractivity contribution in [2.75, 3.05) is 10.6 Å². The second-order valence-electron chi connectivity index (χ2n) is 4.65. The van der Waals surface area contributed by atoms with Gasteiger partial charge < -0.3 is 10.6 Å². The van der Waals surface area contributed by atoms with Crippen LogP contribution in [0.4, 0.5) is 36.3 Å². The van der Waals surface area contributed by atoms with E-state index in [1.165, 1.54) is 6.20 Å². The Morgan fingerprint density at radius 1 is 0.875 bits per heavy atom. The summed E-state index contributed by atoms with van der Waals surface area (Å²) in [5, 5.41) is 13.0. The van der Waals surface area contributed by atoms with Crippen molar-refractivity contribution < 1.29 is 13.2 Å². The van der Waals surface area contributed by atoms with Gasteiger partial charge in [-0.1, -0.05) is 15.9 Å². The molecule has 0 aliphatic rings. The van der Waals surface area contributed by atoms with Crippen LogP contribution in [0.15, 0.2) is 47.1 Å². The molecule has 0 aliphatic heterocycles. The molecule has 0 aliphatic carbocycles. The molecule has 3 rings (SSSR count). The molecule has 9 heteroatoms. The van der Waals surface area contributed by atoms with Gasteiger partial charge in [0, 0.05) is 10.2 Å². The fourth-order valence-electron chi connectivity index (χ4n) is 1.84. The Labute approximate surface area is 143 Å². The summed E-state index contributed by atoms with van der Waals surface area (Å²) in [5.74, 6) is -3.89. The highest BCUT2D eigenvalue weighted by Gasteiger charge is 2.14. The second-order valence-corrected chi connectivity index (χ2v) is 5.56. The zero-order valence-electron chi connectivity index (χ0n) is 11.9. The first-order valence-corrected chi connectivity index (χ1v) is 7.45. The van der Waals surface area contributed by atoms with E-state index in [0.717, 1.165) is 22.3 Å². The quantitative estimate of drug-likeness (QED) is 0.635. The van der Waals surface area contributed by atoms with Crippen molar-refractivity contribution >= 4 is 39.1 Å². The second kappa shape index (κ2) is 6.83. The van der Waals surface area contributed by atoms with Crippen LogP contribution >= 0.6 is 15.9 Å². The Balaban J connectivity index is 1.80. The minimum absolute atomic E-state index is 0.120. The van der Waals surface area contributed by atoms with E-state index in [1.807, 2.05) is 12.1 Å². The number of rotatable bonds is 4. The van der Waals surface area contributed by atoms with Crippen LogP contribution in [-0.4, -0.2) is 15.2 Å². The molecule has 2 aromatic carbocycles. The van der Waals surface area contributed by atoms with Gasteiger partial charge in [-0.25, -0.2) is 13.2 Å². The Hall–Kier alpha value is -2.68. The normalized spacial score (nSPS) is 10.5. The zero-order valence-corrected chi connectivity index (χ0v) is 13.5. The summed E-state index contributed by atoms with van der Waals surface area (Å²) >= 11 is 3.32. The molecule has 0 saturated heterocycles. The summed E-state index contributed by atoms with van der Waals surface area (Å²) in [6.45, 7) is 0. The summed E-state index contributed by atoms with van der Waals surface area (Å²) in [7, 11) is 0. The Kier molecular flexibility index (Phi) is 4.61. The van der Waals surface area contributed by atoms with Crippen LogP contribution in [0, 0.1) is 17.5 Å². The lowest BCUT2D eigenvalue weighted by molar-refractivity contribution is 0.449. The highest BCUT2D eigenvalue weighted by atomic mass is 79.9. The standard InChI is InChI=1S/C15H9BrF3N5/c16-8-1-3-9(4-2-8)21-15-23-12(7-20-24-15)22-11-6-5-10(17)13(18)14(11)19/h1-7H,(H2,21,22,23,24). The first kappa shape index (κ1) is 16.2. The topological polar surface area (TPSA) is 62.7 Å². The van der Waals surface area contributed by atoms with Gasteiger partial charge in [0.2, 0.25) is 5.95 Å². The molecule has 3 aromatic rings. The van der Waals surface area contributed by atoms with E-state index in [4.69, 9.17) is 0 Å². The molecule has 2 N–H and O–H groups in total. The third-order valence-corrected chi connectivity index (χ3v) is 3.49. The molecule has 0 fully saturated rings. The monoisotopic (exact) mass is 395 g/mol. The van der Waals surface area contributed by atoms with Crippen molar-refractivity contribution in [1.29, 1.82) is 0 Å². The summed E-state index contributed by atoms with van der Waals surface area (Å²) in [6.07, 6.45) is 1.23. The molecule has 122 valence electrons. The largest absolute Gasteiger partial charge is 0.336 e. The number of hydrogen-bond donors (Lipinski definition) is 2. The predicted molar refractivity (Wildman–Crippen MR) is 86.9 cm³/mol. The number of halogens is 4. The molecule has 0 radical (unpaired) electrons. The van der Waals surface area contributed by atoms with Gasteiger partial charge in [-0.05, 0) is 36.4 Å². The SMILES string of the molecule is Fc1ccc(Nc2cnnc(Nc3ccc(Br)cc3)n2)c(F)c1F. The van der Waals surface area contributed by atoms with Gasteiger partial charge in [0.1, 0.15) is 0 Å². The molecular formula is C15H9BrF3N5. The van der Waals surface area contributed by atoms with Crippen LogP contribution in [0.25, 0.3) is 0 Å². The van der Waals surface area contributed by atoms with Crippen LogP contribution in [-0.2, 0) is 0 Å². The lowest BCUT2D eigenvalue weighted by atomic mass is 10.3. The molecule has 0 atom stereocenters. The highest BCUT2D eigenvalue weighted by Crippen LogP contribution is 2.23. The molecule has 0 saturated carbocycles. The van der Waals surface area contributed by atoms with E-state index >= 15 is 0 Å². The van der Waals surface area contributed by atoms with Gasteiger partial charge >= 0.3 is 0 Å². The molecule has 0 amide bonds. The fraction of sp³-hybridized carbons (Fsp3) is 0. The van der Waals surface area contributed by atoms with E-state index in [9.17, 15) is 13.2 Å². The summed E-state index contributed by atoms with van der Waals surface area (Å²) < 4.78 is 40.8. The van der Waals surface area contributed by atoms with Crippen molar-refractivity contribution in [3.05, 3.63) is 64.5 Å². The van der Waals surface area contributed by atoms with Gasteiger partial charge in [-0.3, -0.25) is 0 Å². The first-order valence-electron chi connectivity index (χ1n) is 6.66. The lowest BCUT2D eigenvalue weighted by Gasteiger charge is -2.09. The summed E-state index contributed by atoms with van der Waals surface area (Å²) in [5.41, 5.74) is 0.458. The van der Waals surface area contributed by atoms with Crippen LogP contribution < -0.4 is 10.6 Å². The number of hydrogen-bond acceptors (Lipinski definition) is 5. The van der Waals surface area contributed by atoms with Crippen LogP contribution in [0.5, 0.6) is 0 Å². The summed E-state index contributed by atoms with van der Waals surface area (Å²) in [6, 6.07) is 9.13. The van der Waals surface area contributed by atoms with E-state index in [-0.39, 0.29) is 17.5 Å². The smallest absolute Gasteiger partial charge is 0.249 e. The molecule has 1 heterocycles. The number of benzene rings is 2. The third kappa shape index (κ3) is 3.62. The van der Waals surface area contributed by atoms with Crippen LogP contribution in [0.1, 0.15) is 0 Å². The van der Waals surface area contributed by atoms with Gasteiger partial charge in [0.05, 0.1) is 11.9 Å².